The Kier molecular flexibility index (Phi) is 3.22. The molecule has 0 saturated heterocycles. The van der Waals surface area contributed by atoms with Crippen LogP contribution in [0.5, 0.6) is 0 Å². The summed E-state index contributed by atoms with van der Waals surface area (Å²) in [4.78, 5) is 0. The van der Waals surface area contributed by atoms with Gasteiger partial charge in [0.25, 0.3) is 0 Å². The Bertz CT molecular complexity index is 508. The van der Waals surface area contributed by atoms with Crippen LogP contribution in [0.2, 0.25) is 5.02 Å². The summed E-state index contributed by atoms with van der Waals surface area (Å²) in [5, 5.41) is 12.4. The Morgan fingerprint density at radius 2 is 1.75 bits per heavy atom. The van der Waals surface area contributed by atoms with Crippen molar-refractivity contribution in [3.05, 3.63) is 70.4 Å². The molecule has 2 aromatic carbocycles. The number of para-hydroxylation sites is 1. The second kappa shape index (κ2) is 4.81. The highest BCUT2D eigenvalue weighted by Gasteiger charge is 2.00. The van der Waals surface area contributed by atoms with Crippen molar-refractivity contribution in [1.82, 2.24) is 0 Å². The van der Waals surface area contributed by atoms with Crippen LogP contribution in [0.15, 0.2) is 54.6 Å². The highest BCUT2D eigenvalue weighted by molar-refractivity contribution is 6.30. The van der Waals surface area contributed by atoms with Crippen LogP contribution < -0.4 is 0 Å². The van der Waals surface area contributed by atoms with Crippen molar-refractivity contribution in [1.29, 1.82) is 0 Å². The van der Waals surface area contributed by atoms with Gasteiger partial charge in [-0.25, -0.2) is 0 Å². The standard InChI is InChI=1S/C13H10ClNO/c14-12-6-4-5-11(9-12)10-15(16)13-7-2-1-3-8-13/h1-10H/b15-10-. The van der Waals surface area contributed by atoms with Crippen LogP contribution in [-0.2, 0) is 0 Å². The van der Waals surface area contributed by atoms with E-state index in [1.165, 1.54) is 6.21 Å². The molecule has 0 aliphatic carbocycles. The third-order valence-electron chi connectivity index (χ3n) is 2.13. The summed E-state index contributed by atoms with van der Waals surface area (Å²) in [5.41, 5.74) is 1.38. The summed E-state index contributed by atoms with van der Waals surface area (Å²) in [7, 11) is 0. The van der Waals surface area contributed by atoms with E-state index in [1.54, 1.807) is 24.3 Å². The average Bonchev–Trinajstić information content (AvgIpc) is 2.30. The van der Waals surface area contributed by atoms with E-state index in [4.69, 9.17) is 11.6 Å². The normalized spacial score (nSPS) is 11.4. The van der Waals surface area contributed by atoms with E-state index in [2.05, 4.69) is 0 Å². The predicted molar refractivity (Wildman–Crippen MR) is 66.3 cm³/mol. The van der Waals surface area contributed by atoms with Crippen LogP contribution in [0.1, 0.15) is 5.56 Å². The van der Waals surface area contributed by atoms with Gasteiger partial charge in [0, 0.05) is 22.7 Å². The van der Waals surface area contributed by atoms with Crippen molar-refractivity contribution in [3.8, 4) is 0 Å². The van der Waals surface area contributed by atoms with E-state index in [9.17, 15) is 5.21 Å². The fraction of sp³-hybridized carbons (Fsp3) is 0. The third kappa shape index (κ3) is 2.61. The van der Waals surface area contributed by atoms with E-state index in [0.29, 0.717) is 10.7 Å². The summed E-state index contributed by atoms with van der Waals surface area (Å²) in [5.74, 6) is 0. The SMILES string of the molecule is [O-]/[N+](=C\c1cccc(Cl)c1)c1ccccc1. The van der Waals surface area contributed by atoms with Crippen LogP contribution in [0.4, 0.5) is 5.69 Å². The molecule has 16 heavy (non-hydrogen) atoms. The van der Waals surface area contributed by atoms with Crippen molar-refractivity contribution in [2.45, 2.75) is 0 Å². The van der Waals surface area contributed by atoms with Gasteiger partial charge < -0.3 is 5.21 Å². The monoisotopic (exact) mass is 231 g/mol. The van der Waals surface area contributed by atoms with Gasteiger partial charge in [0.2, 0.25) is 5.69 Å². The molecule has 0 atom stereocenters. The summed E-state index contributed by atoms with van der Waals surface area (Å²) in [6.45, 7) is 0. The minimum Gasteiger partial charge on any atom is -0.618 e. The van der Waals surface area contributed by atoms with Crippen LogP contribution >= 0.6 is 11.6 Å². The summed E-state index contributed by atoms with van der Waals surface area (Å²) in [6.07, 6.45) is 1.50. The van der Waals surface area contributed by atoms with Crippen LogP contribution in [-0.4, -0.2) is 11.0 Å². The zero-order chi connectivity index (χ0) is 11.4. The molecular weight excluding hydrogens is 222 g/mol. The van der Waals surface area contributed by atoms with Crippen molar-refractivity contribution in [2.75, 3.05) is 0 Å². The molecule has 2 aromatic rings. The lowest BCUT2D eigenvalue weighted by Gasteiger charge is -2.02. The smallest absolute Gasteiger partial charge is 0.216 e. The molecule has 0 heterocycles. The number of nitrogens with zero attached hydrogens (tertiary/aromatic N) is 1. The van der Waals surface area contributed by atoms with Gasteiger partial charge in [0.1, 0.15) is 0 Å². The molecule has 0 radical (unpaired) electrons. The third-order valence-corrected chi connectivity index (χ3v) is 2.36. The van der Waals surface area contributed by atoms with Gasteiger partial charge >= 0.3 is 0 Å². The molecule has 0 bridgehead atoms. The van der Waals surface area contributed by atoms with E-state index >= 15 is 0 Å². The lowest BCUT2D eigenvalue weighted by atomic mass is 10.2. The van der Waals surface area contributed by atoms with Crippen molar-refractivity contribution in [3.63, 3.8) is 0 Å². The first kappa shape index (κ1) is 10.7. The molecule has 0 aliphatic rings. The van der Waals surface area contributed by atoms with Crippen LogP contribution in [0.25, 0.3) is 0 Å². The Balaban J connectivity index is 2.32. The molecule has 0 amide bonds. The first-order valence-corrected chi connectivity index (χ1v) is 5.25. The molecule has 0 unspecified atom stereocenters. The van der Waals surface area contributed by atoms with E-state index in [0.717, 1.165) is 10.3 Å². The second-order valence-corrected chi connectivity index (χ2v) is 3.78. The van der Waals surface area contributed by atoms with E-state index in [-0.39, 0.29) is 0 Å². The molecule has 0 fully saturated rings. The van der Waals surface area contributed by atoms with Gasteiger partial charge in [-0.05, 0) is 18.2 Å². The molecule has 2 rings (SSSR count). The minimum atomic E-state index is 0.600. The summed E-state index contributed by atoms with van der Waals surface area (Å²) in [6, 6.07) is 16.2. The fourth-order valence-electron chi connectivity index (χ4n) is 1.37. The van der Waals surface area contributed by atoms with Crippen LogP contribution in [0, 0.1) is 5.21 Å². The lowest BCUT2D eigenvalue weighted by Crippen LogP contribution is -1.98. The molecule has 0 aromatic heterocycles. The van der Waals surface area contributed by atoms with Gasteiger partial charge in [0.15, 0.2) is 6.21 Å². The maximum Gasteiger partial charge on any atom is 0.216 e. The molecule has 2 nitrogen and oxygen atoms in total. The van der Waals surface area contributed by atoms with Gasteiger partial charge in [-0.3, -0.25) is 0 Å². The molecule has 3 heteroatoms. The van der Waals surface area contributed by atoms with Crippen LogP contribution in [0.3, 0.4) is 0 Å². The molecule has 0 saturated carbocycles. The number of rotatable bonds is 2. The molecule has 80 valence electrons. The molecular formula is C13H10ClNO. The highest BCUT2D eigenvalue weighted by atomic mass is 35.5. The fourth-order valence-corrected chi connectivity index (χ4v) is 1.57. The van der Waals surface area contributed by atoms with Gasteiger partial charge in [-0.15, -0.1) is 0 Å². The predicted octanol–water partition coefficient (Wildman–Crippen LogP) is 3.60. The zero-order valence-corrected chi connectivity index (χ0v) is 9.26. The number of hydrogen-bond donors (Lipinski definition) is 0. The maximum absolute atomic E-state index is 11.7. The van der Waals surface area contributed by atoms with Gasteiger partial charge in [-0.2, -0.15) is 4.74 Å². The zero-order valence-electron chi connectivity index (χ0n) is 8.51. The van der Waals surface area contributed by atoms with Crippen molar-refractivity contribution in [2.24, 2.45) is 0 Å². The first-order valence-electron chi connectivity index (χ1n) is 4.87. The summed E-state index contributed by atoms with van der Waals surface area (Å²) < 4.78 is 0.825. The Labute approximate surface area is 99.0 Å². The second-order valence-electron chi connectivity index (χ2n) is 3.35. The Morgan fingerprint density at radius 1 is 1.00 bits per heavy atom. The first-order chi connectivity index (χ1) is 7.75. The van der Waals surface area contributed by atoms with Gasteiger partial charge in [0.05, 0.1) is 0 Å². The quantitative estimate of drug-likeness (QED) is 0.336. The van der Waals surface area contributed by atoms with Crippen molar-refractivity contribution >= 4 is 23.5 Å². The van der Waals surface area contributed by atoms with E-state index < -0.39 is 0 Å². The van der Waals surface area contributed by atoms with Crippen molar-refractivity contribution < 1.29 is 4.74 Å². The maximum atomic E-state index is 11.7. The number of benzene rings is 2. The largest absolute Gasteiger partial charge is 0.618 e. The number of hydrogen-bond acceptors (Lipinski definition) is 1. The topological polar surface area (TPSA) is 26.1 Å². The Hall–Kier alpha value is -1.80. The molecule has 0 spiro atoms. The summed E-state index contributed by atoms with van der Waals surface area (Å²) >= 11 is 5.83. The lowest BCUT2D eigenvalue weighted by molar-refractivity contribution is -0.354. The Morgan fingerprint density at radius 3 is 2.44 bits per heavy atom. The minimum absolute atomic E-state index is 0.600. The number of halogens is 1. The highest BCUT2D eigenvalue weighted by Crippen LogP contribution is 2.12. The molecule has 0 aliphatic heterocycles. The van der Waals surface area contributed by atoms with E-state index in [1.807, 2.05) is 30.3 Å². The average molecular weight is 232 g/mol. The van der Waals surface area contributed by atoms with Gasteiger partial charge in [-0.1, -0.05) is 35.9 Å². The molecule has 0 N–H and O–H groups in total.